The number of aromatic nitrogens is 2. The number of fused-ring (bicyclic) bond motifs is 4. The summed E-state index contributed by atoms with van der Waals surface area (Å²) in [4.78, 5) is 44.3. The summed E-state index contributed by atoms with van der Waals surface area (Å²) in [5, 5.41) is 10.5. The van der Waals surface area contributed by atoms with Crippen LogP contribution in [0, 0.1) is 18.7 Å². The molecule has 4 unspecified atom stereocenters. The third kappa shape index (κ3) is 4.86. The van der Waals surface area contributed by atoms with Crippen molar-refractivity contribution in [1.29, 1.82) is 0 Å². The number of rotatable bonds is 11. The van der Waals surface area contributed by atoms with E-state index >= 15 is 4.39 Å². The quantitative estimate of drug-likeness (QED) is 0.230. The van der Waals surface area contributed by atoms with Crippen LogP contribution >= 0.6 is 0 Å². The number of pyridine rings is 2. The topological polar surface area (TPSA) is 114 Å². The van der Waals surface area contributed by atoms with Crippen LogP contribution in [0.15, 0.2) is 29.2 Å². The summed E-state index contributed by atoms with van der Waals surface area (Å²) in [6, 6.07) is 3.06. The fourth-order valence-electron chi connectivity index (χ4n) is 6.97. The molecule has 1 amide bonds. The zero-order valence-corrected chi connectivity index (χ0v) is 25.1. The average Bonchev–Trinajstić information content (AvgIpc) is 3.65. The van der Waals surface area contributed by atoms with Crippen LogP contribution in [0.2, 0.25) is 0 Å². The van der Waals surface area contributed by atoms with E-state index in [1.807, 2.05) is 20.0 Å². The number of aldehydes is 1. The number of amides is 1. The van der Waals surface area contributed by atoms with Crippen molar-refractivity contribution in [2.75, 3.05) is 20.7 Å². The molecule has 0 spiro atoms. The molecule has 0 radical (unpaired) electrons. The van der Waals surface area contributed by atoms with Crippen molar-refractivity contribution in [3.63, 3.8) is 0 Å². The average molecular weight is 588 g/mol. The van der Waals surface area contributed by atoms with E-state index < -0.39 is 5.92 Å². The standard InChI is InChI=1S/C33H38FN5O4/c1-6-18(14-40)20-10-28-31-22(13-39(28)33(42)23(20)15-43-5)30-25(38-32(41)21-9-26(21)36-16(2)12-35-4)8-7-19-17(3)24(34)11-27(37-31)29(19)30/h10-11,14,18,21,25-26,35-36H,2,6-9,12-13,15H2,1,3-5H3,(H,38,41). The molecule has 43 heavy (non-hydrogen) atoms. The van der Waals surface area contributed by atoms with Crippen LogP contribution in [0.3, 0.4) is 0 Å². The second-order valence-electron chi connectivity index (χ2n) is 12.0. The van der Waals surface area contributed by atoms with Gasteiger partial charge in [-0.3, -0.25) is 9.59 Å². The summed E-state index contributed by atoms with van der Waals surface area (Å²) in [6.07, 6.45) is 3.35. The van der Waals surface area contributed by atoms with Crippen molar-refractivity contribution in [1.82, 2.24) is 25.5 Å². The lowest BCUT2D eigenvalue weighted by Crippen LogP contribution is -2.35. The van der Waals surface area contributed by atoms with Gasteiger partial charge in [-0.1, -0.05) is 13.5 Å². The highest BCUT2D eigenvalue weighted by atomic mass is 19.1. The monoisotopic (exact) mass is 587 g/mol. The number of benzene rings is 1. The molecule has 4 atom stereocenters. The lowest BCUT2D eigenvalue weighted by molar-refractivity contribution is -0.123. The van der Waals surface area contributed by atoms with E-state index in [4.69, 9.17) is 9.72 Å². The molecule has 3 N–H and O–H groups in total. The fourth-order valence-corrected chi connectivity index (χ4v) is 6.97. The second kappa shape index (κ2) is 11.3. The van der Waals surface area contributed by atoms with Crippen LogP contribution in [0.1, 0.15) is 71.5 Å². The maximum atomic E-state index is 15.2. The molecule has 0 bridgehead atoms. The molecule has 1 saturated carbocycles. The number of ether oxygens (including phenoxy) is 1. The van der Waals surface area contributed by atoms with Crippen molar-refractivity contribution in [3.05, 3.63) is 74.0 Å². The van der Waals surface area contributed by atoms with Crippen LogP contribution in [0.5, 0.6) is 0 Å². The van der Waals surface area contributed by atoms with Gasteiger partial charge in [0.2, 0.25) is 5.91 Å². The summed E-state index contributed by atoms with van der Waals surface area (Å²) in [6.45, 7) is 8.69. The number of methoxy groups -OCH3 is 1. The van der Waals surface area contributed by atoms with E-state index in [-0.39, 0.29) is 48.4 Å². The zero-order chi connectivity index (χ0) is 30.6. The van der Waals surface area contributed by atoms with Crippen molar-refractivity contribution < 1.29 is 18.7 Å². The summed E-state index contributed by atoms with van der Waals surface area (Å²) in [7, 11) is 3.38. The van der Waals surface area contributed by atoms with E-state index in [1.165, 1.54) is 13.2 Å². The predicted molar refractivity (Wildman–Crippen MR) is 162 cm³/mol. The first-order valence-corrected chi connectivity index (χ1v) is 15.0. The molecule has 2 aromatic heterocycles. The summed E-state index contributed by atoms with van der Waals surface area (Å²) < 4.78 is 22.2. The van der Waals surface area contributed by atoms with Gasteiger partial charge in [0, 0.05) is 53.9 Å². The first-order chi connectivity index (χ1) is 20.7. The van der Waals surface area contributed by atoms with Gasteiger partial charge in [0.15, 0.2) is 0 Å². The number of carbonyl (C=O) groups is 2. The first-order valence-electron chi connectivity index (χ1n) is 15.0. The molecule has 1 fully saturated rings. The van der Waals surface area contributed by atoms with Crippen molar-refractivity contribution in [3.8, 4) is 11.4 Å². The number of hydrogen-bond donors (Lipinski definition) is 3. The molecule has 2 aliphatic carbocycles. The normalized spacial score (nSPS) is 20.3. The number of nitrogens with zero attached hydrogens (tertiary/aromatic N) is 2. The smallest absolute Gasteiger partial charge is 0.257 e. The molecular formula is C33H38FN5O4. The fraction of sp³-hybridized carbons (Fsp3) is 0.455. The summed E-state index contributed by atoms with van der Waals surface area (Å²) >= 11 is 0. The minimum Gasteiger partial charge on any atom is -0.384 e. The number of hydrogen-bond acceptors (Lipinski definition) is 7. The predicted octanol–water partition coefficient (Wildman–Crippen LogP) is 3.53. The van der Waals surface area contributed by atoms with E-state index in [0.29, 0.717) is 59.4 Å². The van der Waals surface area contributed by atoms with Gasteiger partial charge in [-0.15, -0.1) is 0 Å². The van der Waals surface area contributed by atoms with Gasteiger partial charge in [0.1, 0.15) is 12.1 Å². The summed E-state index contributed by atoms with van der Waals surface area (Å²) in [5.74, 6) is -0.983. The Kier molecular flexibility index (Phi) is 7.68. The molecule has 0 saturated heterocycles. The Morgan fingerprint density at radius 1 is 1.30 bits per heavy atom. The zero-order valence-electron chi connectivity index (χ0n) is 25.1. The van der Waals surface area contributed by atoms with Crippen LogP contribution in [0.25, 0.3) is 22.3 Å². The second-order valence-corrected chi connectivity index (χ2v) is 12.0. The molecule has 226 valence electrons. The van der Waals surface area contributed by atoms with Gasteiger partial charge < -0.3 is 30.0 Å². The summed E-state index contributed by atoms with van der Waals surface area (Å²) in [5.41, 5.74) is 6.65. The Hall–Kier alpha value is -3.89. The third-order valence-corrected chi connectivity index (χ3v) is 9.29. The number of halogens is 1. The largest absolute Gasteiger partial charge is 0.384 e. The maximum Gasteiger partial charge on any atom is 0.257 e. The molecule has 1 aliphatic heterocycles. The molecule has 3 aliphatic rings. The van der Waals surface area contributed by atoms with Crippen molar-refractivity contribution in [2.45, 2.75) is 70.7 Å². The van der Waals surface area contributed by atoms with E-state index in [9.17, 15) is 14.4 Å². The van der Waals surface area contributed by atoms with Crippen LogP contribution < -0.4 is 21.5 Å². The molecule has 3 aromatic rings. The highest BCUT2D eigenvalue weighted by Crippen LogP contribution is 2.45. The van der Waals surface area contributed by atoms with Gasteiger partial charge in [-0.05, 0) is 68.0 Å². The minimum absolute atomic E-state index is 0.0325. The van der Waals surface area contributed by atoms with Crippen LogP contribution in [0.4, 0.5) is 4.39 Å². The SMILES string of the molecule is C=C(CNC)NC1CC1C(=O)NC1CCc2c(C)c(F)cc3nc4c(c1c23)Cn1c-4cc(C(C=O)CC)c(COC)c1=O. The Bertz CT molecular complexity index is 1730. The first kappa shape index (κ1) is 29.2. The lowest BCUT2D eigenvalue weighted by atomic mass is 9.81. The van der Waals surface area contributed by atoms with E-state index in [0.717, 1.165) is 40.5 Å². The highest BCUT2D eigenvalue weighted by molar-refractivity contribution is 5.94. The number of likely N-dealkylation sites (N-methyl/N-ethyl adjacent to an activating group) is 1. The molecule has 10 heteroatoms. The molecule has 1 aromatic carbocycles. The Balaban J connectivity index is 1.46. The van der Waals surface area contributed by atoms with Crippen LogP contribution in [-0.4, -0.2) is 48.5 Å². The lowest BCUT2D eigenvalue weighted by Gasteiger charge is -2.30. The molecule has 3 heterocycles. The Morgan fingerprint density at radius 3 is 2.79 bits per heavy atom. The molecule has 9 nitrogen and oxygen atoms in total. The minimum atomic E-state index is -0.463. The van der Waals surface area contributed by atoms with E-state index in [1.54, 1.807) is 11.5 Å². The van der Waals surface area contributed by atoms with Crippen LogP contribution in [-0.2, 0) is 33.9 Å². The Morgan fingerprint density at radius 2 is 2.09 bits per heavy atom. The number of carbonyl (C=O) groups excluding carboxylic acids is 2. The Labute approximate surface area is 249 Å². The number of nitrogens with one attached hydrogen (secondary N) is 3. The van der Waals surface area contributed by atoms with Gasteiger partial charge in [-0.25, -0.2) is 9.37 Å². The number of aryl methyl sites for hydroxylation is 1. The van der Waals surface area contributed by atoms with Gasteiger partial charge in [-0.2, -0.15) is 0 Å². The van der Waals surface area contributed by atoms with Gasteiger partial charge in [0.25, 0.3) is 5.56 Å². The van der Waals surface area contributed by atoms with Gasteiger partial charge in [0.05, 0.1) is 42.0 Å². The third-order valence-electron chi connectivity index (χ3n) is 9.29. The molecule has 6 rings (SSSR count). The molecular weight excluding hydrogens is 549 g/mol. The highest BCUT2D eigenvalue weighted by Gasteiger charge is 2.44. The maximum absolute atomic E-state index is 15.2. The van der Waals surface area contributed by atoms with Gasteiger partial charge >= 0.3 is 0 Å². The van der Waals surface area contributed by atoms with Crippen molar-refractivity contribution >= 4 is 23.1 Å². The van der Waals surface area contributed by atoms with Crippen molar-refractivity contribution in [2.24, 2.45) is 5.92 Å². The van der Waals surface area contributed by atoms with E-state index in [2.05, 4.69) is 22.5 Å².